The van der Waals surface area contributed by atoms with Crippen molar-refractivity contribution in [2.75, 3.05) is 44.0 Å². The van der Waals surface area contributed by atoms with E-state index in [0.717, 1.165) is 51.5 Å². The van der Waals surface area contributed by atoms with E-state index in [1.165, 1.54) is 12.5 Å². The molecular formula is C16H25N3O3S. The van der Waals surface area contributed by atoms with Gasteiger partial charge in [-0.3, -0.25) is 4.90 Å². The highest BCUT2D eigenvalue weighted by molar-refractivity contribution is 7.90. The molecule has 6 nitrogen and oxygen atoms in total. The molecule has 0 amide bonds. The Hall–Kier alpha value is -1.18. The zero-order valence-corrected chi connectivity index (χ0v) is 14.6. The van der Waals surface area contributed by atoms with Crippen molar-refractivity contribution >= 4 is 15.7 Å². The Morgan fingerprint density at radius 1 is 1.22 bits per heavy atom. The maximum absolute atomic E-state index is 11.5. The van der Waals surface area contributed by atoms with E-state index in [4.69, 9.17) is 4.74 Å². The average Bonchev–Trinajstić information content (AvgIpc) is 2.55. The lowest BCUT2D eigenvalue weighted by atomic mass is 10.0. The Morgan fingerprint density at radius 3 is 2.52 bits per heavy atom. The van der Waals surface area contributed by atoms with Crippen LogP contribution in [0.3, 0.4) is 0 Å². The van der Waals surface area contributed by atoms with Crippen LogP contribution in [0.25, 0.3) is 0 Å². The third-order valence-corrected chi connectivity index (χ3v) is 5.91. The van der Waals surface area contributed by atoms with Gasteiger partial charge < -0.3 is 9.64 Å². The summed E-state index contributed by atoms with van der Waals surface area (Å²) < 4.78 is 28.5. The summed E-state index contributed by atoms with van der Waals surface area (Å²) in [6.45, 7) is 6.90. The first-order valence-corrected chi connectivity index (χ1v) is 10.1. The summed E-state index contributed by atoms with van der Waals surface area (Å²) in [5.41, 5.74) is 0. The largest absolute Gasteiger partial charge is 0.381 e. The summed E-state index contributed by atoms with van der Waals surface area (Å²) in [5, 5.41) is 0. The summed E-state index contributed by atoms with van der Waals surface area (Å²) in [6.07, 6.45) is 4.91. The minimum absolute atomic E-state index is 0.273. The lowest BCUT2D eigenvalue weighted by Crippen LogP contribution is -2.56. The fraction of sp³-hybridized carbons (Fsp3) is 0.688. The minimum atomic E-state index is -3.19. The van der Waals surface area contributed by atoms with Crippen molar-refractivity contribution in [3.05, 3.63) is 18.3 Å². The molecule has 0 spiro atoms. The van der Waals surface area contributed by atoms with Crippen LogP contribution in [-0.4, -0.2) is 69.5 Å². The molecule has 128 valence electrons. The molecule has 0 unspecified atom stereocenters. The molecule has 1 atom stereocenters. The first-order chi connectivity index (χ1) is 10.9. The molecule has 2 saturated heterocycles. The Morgan fingerprint density at radius 2 is 1.96 bits per heavy atom. The van der Waals surface area contributed by atoms with Gasteiger partial charge in [-0.2, -0.15) is 0 Å². The second kappa shape index (κ2) is 6.75. The predicted octanol–water partition coefficient (Wildman–Crippen LogP) is 1.17. The number of nitrogens with zero attached hydrogens (tertiary/aromatic N) is 3. The van der Waals surface area contributed by atoms with Gasteiger partial charge in [0.25, 0.3) is 0 Å². The molecule has 0 aromatic carbocycles. The van der Waals surface area contributed by atoms with E-state index in [1.807, 2.05) is 6.07 Å². The fourth-order valence-electron chi connectivity index (χ4n) is 3.47. The summed E-state index contributed by atoms with van der Waals surface area (Å²) in [4.78, 5) is 9.47. The Kier molecular flexibility index (Phi) is 4.89. The van der Waals surface area contributed by atoms with Crippen molar-refractivity contribution in [3.8, 4) is 0 Å². The summed E-state index contributed by atoms with van der Waals surface area (Å²) in [7, 11) is -3.19. The average molecular weight is 339 g/mol. The van der Waals surface area contributed by atoms with Gasteiger partial charge in [0, 0.05) is 57.4 Å². The number of sulfone groups is 1. The van der Waals surface area contributed by atoms with Gasteiger partial charge in [0.05, 0.1) is 4.90 Å². The normalized spacial score (nSPS) is 24.8. The Bertz CT molecular complexity index is 626. The van der Waals surface area contributed by atoms with Crippen molar-refractivity contribution in [2.24, 2.45) is 0 Å². The van der Waals surface area contributed by atoms with Gasteiger partial charge in [0.15, 0.2) is 9.84 Å². The van der Waals surface area contributed by atoms with Crippen LogP contribution in [0.1, 0.15) is 19.8 Å². The van der Waals surface area contributed by atoms with Gasteiger partial charge in [-0.15, -0.1) is 0 Å². The van der Waals surface area contributed by atoms with Crippen LogP contribution in [0.2, 0.25) is 0 Å². The van der Waals surface area contributed by atoms with Crippen LogP contribution in [0.4, 0.5) is 5.82 Å². The quantitative estimate of drug-likeness (QED) is 0.824. The van der Waals surface area contributed by atoms with Crippen LogP contribution in [0.15, 0.2) is 23.2 Å². The highest BCUT2D eigenvalue weighted by atomic mass is 32.2. The zero-order valence-electron chi connectivity index (χ0n) is 13.8. The lowest BCUT2D eigenvalue weighted by Gasteiger charge is -2.44. The first-order valence-electron chi connectivity index (χ1n) is 8.20. The second-order valence-corrected chi connectivity index (χ2v) is 8.52. The van der Waals surface area contributed by atoms with Crippen LogP contribution in [0, 0.1) is 0 Å². The number of anilines is 1. The van der Waals surface area contributed by atoms with Gasteiger partial charge in [-0.25, -0.2) is 13.4 Å². The van der Waals surface area contributed by atoms with Gasteiger partial charge in [0.2, 0.25) is 0 Å². The van der Waals surface area contributed by atoms with Crippen LogP contribution in [0.5, 0.6) is 0 Å². The fourth-order valence-corrected chi connectivity index (χ4v) is 4.03. The van der Waals surface area contributed by atoms with E-state index >= 15 is 0 Å². The molecule has 0 aliphatic carbocycles. The smallest absolute Gasteiger partial charge is 0.177 e. The number of aromatic nitrogens is 1. The molecule has 0 radical (unpaired) electrons. The van der Waals surface area contributed by atoms with E-state index in [2.05, 4.69) is 21.7 Å². The van der Waals surface area contributed by atoms with Crippen molar-refractivity contribution in [1.29, 1.82) is 0 Å². The van der Waals surface area contributed by atoms with E-state index in [9.17, 15) is 8.42 Å². The zero-order chi connectivity index (χ0) is 16.4. The van der Waals surface area contributed by atoms with Gasteiger partial charge >= 0.3 is 0 Å². The van der Waals surface area contributed by atoms with E-state index < -0.39 is 9.84 Å². The molecule has 2 aliphatic heterocycles. The molecule has 2 fully saturated rings. The third-order valence-electron chi connectivity index (χ3n) is 4.81. The SMILES string of the molecule is C[C@@H]1CN(C2CCOCC2)CCN1c1ccc(S(C)(=O)=O)cn1. The van der Waals surface area contributed by atoms with Crippen molar-refractivity contribution < 1.29 is 13.2 Å². The maximum atomic E-state index is 11.5. The van der Waals surface area contributed by atoms with E-state index in [1.54, 1.807) is 6.07 Å². The van der Waals surface area contributed by atoms with Crippen molar-refractivity contribution in [3.63, 3.8) is 0 Å². The highest BCUT2D eigenvalue weighted by Gasteiger charge is 2.30. The number of hydrogen-bond acceptors (Lipinski definition) is 6. The van der Waals surface area contributed by atoms with Crippen LogP contribution < -0.4 is 4.90 Å². The van der Waals surface area contributed by atoms with E-state index in [0.29, 0.717) is 12.1 Å². The van der Waals surface area contributed by atoms with Gasteiger partial charge in [-0.05, 0) is 31.9 Å². The third kappa shape index (κ3) is 3.84. The number of rotatable bonds is 3. The molecule has 23 heavy (non-hydrogen) atoms. The van der Waals surface area contributed by atoms with Crippen molar-refractivity contribution in [1.82, 2.24) is 9.88 Å². The number of ether oxygens (including phenoxy) is 1. The molecule has 3 heterocycles. The summed E-state index contributed by atoms with van der Waals surface area (Å²) >= 11 is 0. The van der Waals surface area contributed by atoms with Crippen LogP contribution >= 0.6 is 0 Å². The molecule has 1 aromatic rings. The first kappa shape index (κ1) is 16.7. The monoisotopic (exact) mass is 339 g/mol. The Balaban J connectivity index is 1.66. The standard InChI is InChI=1S/C16H25N3O3S/c1-13-12-18(14-5-9-22-10-6-14)7-8-19(13)16-4-3-15(11-17-16)23(2,20)21/h3-4,11,13-14H,5-10,12H2,1-2H3/t13-/m1/s1. The summed E-state index contributed by atoms with van der Waals surface area (Å²) in [5.74, 6) is 0.858. The molecular weight excluding hydrogens is 314 g/mol. The van der Waals surface area contributed by atoms with Gasteiger partial charge in [0.1, 0.15) is 5.82 Å². The van der Waals surface area contributed by atoms with Gasteiger partial charge in [-0.1, -0.05) is 0 Å². The number of pyridine rings is 1. The predicted molar refractivity (Wildman–Crippen MR) is 89.6 cm³/mol. The highest BCUT2D eigenvalue weighted by Crippen LogP contribution is 2.23. The minimum Gasteiger partial charge on any atom is -0.381 e. The number of piperazine rings is 1. The maximum Gasteiger partial charge on any atom is 0.177 e. The topological polar surface area (TPSA) is 62.7 Å². The molecule has 0 bridgehead atoms. The molecule has 2 aliphatic rings. The van der Waals surface area contributed by atoms with Crippen LogP contribution in [-0.2, 0) is 14.6 Å². The lowest BCUT2D eigenvalue weighted by molar-refractivity contribution is 0.0279. The molecule has 0 saturated carbocycles. The molecule has 0 N–H and O–H groups in total. The number of hydrogen-bond donors (Lipinski definition) is 0. The van der Waals surface area contributed by atoms with E-state index in [-0.39, 0.29) is 4.90 Å². The molecule has 3 rings (SSSR count). The Labute approximate surface area is 138 Å². The molecule has 1 aromatic heterocycles. The van der Waals surface area contributed by atoms with Crippen molar-refractivity contribution in [2.45, 2.75) is 36.7 Å². The molecule has 7 heteroatoms. The second-order valence-electron chi connectivity index (χ2n) is 6.51. The summed E-state index contributed by atoms with van der Waals surface area (Å²) in [6, 6.07) is 4.46.